The summed E-state index contributed by atoms with van der Waals surface area (Å²) in [6, 6.07) is 0.0540. The Labute approximate surface area is 274 Å². The molecule has 4 heterocycles. The van der Waals surface area contributed by atoms with Crippen LogP contribution in [0.4, 0.5) is 21.0 Å². The molecule has 0 aromatic carbocycles. The lowest BCUT2D eigenvalue weighted by Gasteiger charge is -2.42. The Morgan fingerprint density at radius 3 is 1.55 bits per heavy atom. The summed E-state index contributed by atoms with van der Waals surface area (Å²) in [6.07, 6.45) is 6.81. The average molecular weight is 667 g/mol. The van der Waals surface area contributed by atoms with E-state index in [1.807, 2.05) is 69.2 Å². The molecule has 0 spiro atoms. The first kappa shape index (κ1) is 38.9. The van der Waals surface area contributed by atoms with E-state index in [0.717, 1.165) is 6.20 Å². The minimum Gasteiger partial charge on any atom is -0.444 e. The third kappa shape index (κ3) is 12.1. The predicted octanol–water partition coefficient (Wildman–Crippen LogP) is 5.61. The Morgan fingerprint density at radius 2 is 1.23 bits per heavy atom. The van der Waals surface area contributed by atoms with E-state index in [1.165, 1.54) is 18.6 Å². The quantitative estimate of drug-likeness (QED) is 0.303. The number of likely N-dealkylation sites (tertiary alicyclic amines) is 2. The van der Waals surface area contributed by atoms with Crippen LogP contribution in [0.15, 0.2) is 24.8 Å². The average Bonchev–Trinajstić information content (AvgIpc) is 3.59. The highest BCUT2D eigenvalue weighted by Gasteiger charge is 2.38. The number of carbonyl (C=O) groups excluding carboxylic acids is 2. The Hall–Kier alpha value is -4.28. The van der Waals surface area contributed by atoms with Gasteiger partial charge in [0.15, 0.2) is 0 Å². The van der Waals surface area contributed by atoms with Crippen molar-refractivity contribution in [2.24, 2.45) is 0 Å². The van der Waals surface area contributed by atoms with Crippen LogP contribution in [0, 0.1) is 20.2 Å². The molecule has 2 aliphatic rings. The summed E-state index contributed by atoms with van der Waals surface area (Å²) in [7, 11) is 0. The zero-order chi connectivity index (χ0) is 35.9. The number of nitrogens with one attached hydrogen (secondary N) is 1. The number of amides is 2. The first-order valence-electron chi connectivity index (χ1n) is 15.6. The van der Waals surface area contributed by atoms with Crippen LogP contribution < -0.4 is 0 Å². The Kier molecular flexibility index (Phi) is 13.3. The molecule has 264 valence electrons. The summed E-state index contributed by atoms with van der Waals surface area (Å²) < 4.78 is 12.5. The van der Waals surface area contributed by atoms with Gasteiger partial charge in [-0.25, -0.2) is 9.59 Å². The third-order valence-electron chi connectivity index (χ3n) is 7.43. The first-order valence-corrected chi connectivity index (χ1v) is 15.6. The number of carbonyl (C=O) groups is 2. The monoisotopic (exact) mass is 666 g/mol. The predicted molar refractivity (Wildman–Crippen MR) is 172 cm³/mol. The van der Waals surface area contributed by atoms with Crippen LogP contribution in [0.25, 0.3) is 0 Å². The number of aliphatic hydroxyl groups is 1. The molecular formula is C30H50N8O9. The fourth-order valence-corrected chi connectivity index (χ4v) is 5.62. The maximum atomic E-state index is 12.4. The number of H-pyrrole nitrogens is 1. The number of ether oxygens (including phenoxy) is 2. The second-order valence-corrected chi connectivity index (χ2v) is 14.1. The van der Waals surface area contributed by atoms with Gasteiger partial charge in [-0.3, -0.25) is 30.0 Å². The SMILES string of the molecule is CC1CC(O)CC(C)N1C(=O)OC(C)(C)C.CC1CC(n2cc([N+](=O)[O-])cn2)CC(C)N1C(=O)OC(C)(C)C.O=[N+]([O-])c1cn[nH]c1. The van der Waals surface area contributed by atoms with Crippen LogP contribution in [0.2, 0.25) is 0 Å². The van der Waals surface area contributed by atoms with Gasteiger partial charge in [0.25, 0.3) is 0 Å². The molecule has 2 aromatic heterocycles. The van der Waals surface area contributed by atoms with Gasteiger partial charge in [-0.15, -0.1) is 0 Å². The molecule has 0 bridgehead atoms. The van der Waals surface area contributed by atoms with E-state index in [0.29, 0.717) is 25.7 Å². The Bertz CT molecular complexity index is 1310. The molecule has 0 aliphatic carbocycles. The smallest absolute Gasteiger partial charge is 0.410 e. The fraction of sp³-hybridized carbons (Fsp3) is 0.733. The second kappa shape index (κ2) is 16.0. The van der Waals surface area contributed by atoms with E-state index in [4.69, 9.17) is 9.47 Å². The van der Waals surface area contributed by atoms with E-state index in [1.54, 1.807) is 14.5 Å². The van der Waals surface area contributed by atoms with Crippen molar-refractivity contribution in [3.05, 3.63) is 45.0 Å². The lowest BCUT2D eigenvalue weighted by Crippen LogP contribution is -2.52. The largest absolute Gasteiger partial charge is 0.444 e. The van der Waals surface area contributed by atoms with Gasteiger partial charge < -0.3 is 24.4 Å². The third-order valence-corrected chi connectivity index (χ3v) is 7.43. The minimum atomic E-state index is -0.532. The van der Waals surface area contributed by atoms with Gasteiger partial charge in [0.2, 0.25) is 0 Å². The van der Waals surface area contributed by atoms with Crippen molar-refractivity contribution in [1.29, 1.82) is 0 Å². The van der Waals surface area contributed by atoms with Crippen LogP contribution in [0.3, 0.4) is 0 Å². The molecule has 2 N–H and O–H groups in total. The minimum absolute atomic E-state index is 0.00926. The summed E-state index contributed by atoms with van der Waals surface area (Å²) in [5.74, 6) is 0. The number of aromatic amines is 1. The van der Waals surface area contributed by atoms with Crippen molar-refractivity contribution in [3.63, 3.8) is 0 Å². The molecular weight excluding hydrogens is 616 g/mol. The first-order chi connectivity index (χ1) is 21.6. The van der Waals surface area contributed by atoms with Crippen molar-refractivity contribution in [2.75, 3.05) is 0 Å². The summed E-state index contributed by atoms with van der Waals surface area (Å²) in [6.45, 7) is 18.9. The molecule has 2 aromatic rings. The number of rotatable bonds is 3. The van der Waals surface area contributed by atoms with Gasteiger partial charge in [-0.2, -0.15) is 10.2 Å². The number of hydrogen-bond donors (Lipinski definition) is 2. The van der Waals surface area contributed by atoms with E-state index in [9.17, 15) is 34.9 Å². The zero-order valence-corrected chi connectivity index (χ0v) is 28.9. The molecule has 0 saturated carbocycles. The van der Waals surface area contributed by atoms with E-state index < -0.39 is 21.0 Å². The second-order valence-electron chi connectivity index (χ2n) is 14.1. The van der Waals surface area contributed by atoms with Crippen LogP contribution in [-0.2, 0) is 9.47 Å². The molecule has 4 unspecified atom stereocenters. The van der Waals surface area contributed by atoms with Crippen LogP contribution in [-0.4, -0.2) is 98.4 Å². The number of nitrogens with zero attached hydrogens (tertiary/aromatic N) is 7. The standard InChI is InChI=1S/C15H24N4O4.C12H23NO3.C3H3N3O2/c1-10-6-12(17-9-13(8-16-17)19(21)22)7-11(2)18(10)14(20)23-15(3,4)5;1-8-6-10(14)7-9(2)13(8)11(15)16-12(3,4)5;7-6(8)3-1-4-5-2-3/h8-12H,6-7H2,1-5H3;8-10,14H,6-7H2,1-5H3;1-2H,(H,4,5). The topological polar surface area (TPSA) is 212 Å². The number of nitro groups is 2. The molecule has 17 heteroatoms. The summed E-state index contributed by atoms with van der Waals surface area (Å²) in [5.41, 5.74) is -1.02. The normalized spacial score (nSPS) is 24.6. The lowest BCUT2D eigenvalue weighted by atomic mass is 9.93. The molecule has 2 fully saturated rings. The molecule has 47 heavy (non-hydrogen) atoms. The molecule has 2 amide bonds. The molecule has 4 atom stereocenters. The van der Waals surface area contributed by atoms with Crippen molar-refractivity contribution in [3.8, 4) is 0 Å². The molecule has 4 rings (SSSR count). The van der Waals surface area contributed by atoms with Gasteiger partial charge in [0.1, 0.15) is 29.8 Å². The number of piperidine rings is 2. The van der Waals surface area contributed by atoms with E-state index in [-0.39, 0.29) is 59.9 Å². The Balaban J connectivity index is 0.000000275. The fourth-order valence-electron chi connectivity index (χ4n) is 5.62. The van der Waals surface area contributed by atoms with Gasteiger partial charge >= 0.3 is 23.6 Å². The van der Waals surface area contributed by atoms with E-state index in [2.05, 4.69) is 15.3 Å². The lowest BCUT2D eigenvalue weighted by molar-refractivity contribution is -0.385. The summed E-state index contributed by atoms with van der Waals surface area (Å²) >= 11 is 0. The van der Waals surface area contributed by atoms with Gasteiger partial charge in [-0.05, 0) is 94.9 Å². The maximum Gasteiger partial charge on any atom is 0.410 e. The highest BCUT2D eigenvalue weighted by molar-refractivity contribution is 5.69. The van der Waals surface area contributed by atoms with Crippen molar-refractivity contribution < 1.29 is 34.0 Å². The Morgan fingerprint density at radius 1 is 0.809 bits per heavy atom. The molecule has 17 nitrogen and oxygen atoms in total. The van der Waals surface area contributed by atoms with Crippen LogP contribution in [0.1, 0.15) is 101 Å². The van der Waals surface area contributed by atoms with Gasteiger partial charge in [0, 0.05) is 24.2 Å². The highest BCUT2D eigenvalue weighted by Crippen LogP contribution is 2.33. The summed E-state index contributed by atoms with van der Waals surface area (Å²) in [5, 5.41) is 40.0. The number of hydrogen-bond acceptors (Lipinski definition) is 11. The van der Waals surface area contributed by atoms with Gasteiger partial charge in [-0.1, -0.05) is 0 Å². The zero-order valence-electron chi connectivity index (χ0n) is 28.9. The van der Waals surface area contributed by atoms with Gasteiger partial charge in [0.05, 0.1) is 28.2 Å². The maximum absolute atomic E-state index is 12.4. The molecule has 0 radical (unpaired) electrons. The van der Waals surface area contributed by atoms with Crippen LogP contribution >= 0.6 is 0 Å². The number of aromatic nitrogens is 4. The molecule has 2 aliphatic heterocycles. The number of aliphatic hydroxyl groups excluding tert-OH is 1. The van der Waals surface area contributed by atoms with E-state index >= 15 is 0 Å². The highest BCUT2D eigenvalue weighted by atomic mass is 16.6. The summed E-state index contributed by atoms with van der Waals surface area (Å²) in [4.78, 5) is 47.4. The van der Waals surface area contributed by atoms with Crippen LogP contribution in [0.5, 0.6) is 0 Å². The van der Waals surface area contributed by atoms with Crippen molar-refractivity contribution in [2.45, 2.75) is 142 Å². The van der Waals surface area contributed by atoms with Crippen molar-refractivity contribution in [1.82, 2.24) is 29.8 Å². The van der Waals surface area contributed by atoms with Crippen molar-refractivity contribution >= 4 is 23.6 Å². The molecule has 2 saturated heterocycles.